The number of carbonyl (C=O) groups is 2. The molecule has 0 radical (unpaired) electrons. The first kappa shape index (κ1) is 17.2. The average molecular weight is 347 g/mol. The Kier molecular flexibility index (Phi) is 4.99. The molecular formula is C20H17N3O3. The van der Waals surface area contributed by atoms with Crippen molar-refractivity contribution in [2.45, 2.75) is 6.54 Å². The lowest BCUT2D eigenvalue weighted by Crippen LogP contribution is -2.30. The van der Waals surface area contributed by atoms with E-state index in [0.717, 1.165) is 10.9 Å². The number of rotatable bonds is 6. The number of carbonyl (C=O) groups excluding carboxylic acids is 2. The highest BCUT2D eigenvalue weighted by atomic mass is 16.5. The molecule has 0 saturated heterocycles. The number of fused-ring (bicyclic) bond motifs is 1. The molecule has 3 rings (SSSR count). The van der Waals surface area contributed by atoms with Crippen LogP contribution in [-0.4, -0.2) is 23.4 Å². The van der Waals surface area contributed by atoms with Crippen LogP contribution in [0.25, 0.3) is 10.9 Å². The zero-order valence-electron chi connectivity index (χ0n) is 14.2. The van der Waals surface area contributed by atoms with E-state index in [2.05, 4.69) is 5.32 Å². The molecule has 2 aromatic carbocycles. The van der Waals surface area contributed by atoms with E-state index in [0.29, 0.717) is 11.4 Å². The van der Waals surface area contributed by atoms with E-state index in [1.807, 2.05) is 30.3 Å². The van der Waals surface area contributed by atoms with Crippen LogP contribution in [0.3, 0.4) is 0 Å². The first-order valence-corrected chi connectivity index (χ1v) is 8.03. The van der Waals surface area contributed by atoms with Crippen LogP contribution >= 0.6 is 0 Å². The smallest absolute Gasteiger partial charge is 0.249 e. The molecule has 6 heteroatoms. The van der Waals surface area contributed by atoms with E-state index in [4.69, 9.17) is 4.74 Å². The maximum Gasteiger partial charge on any atom is 0.249 e. The molecule has 130 valence electrons. The summed E-state index contributed by atoms with van der Waals surface area (Å²) in [5.74, 6) is -1.83. The van der Waals surface area contributed by atoms with Crippen molar-refractivity contribution < 1.29 is 14.3 Å². The van der Waals surface area contributed by atoms with Gasteiger partial charge in [-0.3, -0.25) is 9.59 Å². The summed E-state index contributed by atoms with van der Waals surface area (Å²) < 4.78 is 6.79. The number of hydrogen-bond acceptors (Lipinski definition) is 4. The van der Waals surface area contributed by atoms with E-state index in [9.17, 15) is 14.9 Å². The SMILES string of the molecule is COc1ccc(NC(=O)C(C#N)C(=O)Cn2ccc3ccccc32)cc1. The van der Waals surface area contributed by atoms with Crippen molar-refractivity contribution in [2.24, 2.45) is 5.92 Å². The monoisotopic (exact) mass is 347 g/mol. The molecule has 0 saturated carbocycles. The topological polar surface area (TPSA) is 84.1 Å². The number of amides is 1. The molecule has 0 aliphatic rings. The summed E-state index contributed by atoms with van der Waals surface area (Å²) in [6.07, 6.45) is 1.78. The molecule has 1 heterocycles. The number of nitriles is 1. The standard InChI is InChI=1S/C20H17N3O3/c1-26-16-8-6-15(7-9-16)22-20(25)17(12-21)19(24)13-23-11-10-14-4-2-3-5-18(14)23/h2-11,17H,13H2,1H3,(H,22,25). The van der Waals surface area contributed by atoms with Crippen molar-refractivity contribution >= 4 is 28.3 Å². The summed E-state index contributed by atoms with van der Waals surface area (Å²) >= 11 is 0. The average Bonchev–Trinajstić information content (AvgIpc) is 3.06. The second-order valence-corrected chi connectivity index (χ2v) is 5.75. The fourth-order valence-corrected chi connectivity index (χ4v) is 2.70. The Balaban J connectivity index is 1.71. The van der Waals surface area contributed by atoms with Gasteiger partial charge >= 0.3 is 0 Å². The predicted octanol–water partition coefficient (Wildman–Crippen LogP) is 3.00. The summed E-state index contributed by atoms with van der Waals surface area (Å²) in [6.45, 7) is -0.0399. The van der Waals surface area contributed by atoms with Crippen LogP contribution in [0.5, 0.6) is 5.75 Å². The number of aromatic nitrogens is 1. The number of benzene rings is 2. The number of hydrogen-bond donors (Lipinski definition) is 1. The van der Waals surface area contributed by atoms with E-state index in [1.54, 1.807) is 48.2 Å². The lowest BCUT2D eigenvalue weighted by atomic mass is 10.0. The fourth-order valence-electron chi connectivity index (χ4n) is 2.70. The van der Waals surface area contributed by atoms with Gasteiger partial charge in [-0.25, -0.2) is 0 Å². The van der Waals surface area contributed by atoms with Crippen LogP contribution in [0.2, 0.25) is 0 Å². The molecule has 0 bridgehead atoms. The fraction of sp³-hybridized carbons (Fsp3) is 0.150. The first-order chi connectivity index (χ1) is 12.6. The lowest BCUT2D eigenvalue weighted by molar-refractivity contribution is -0.129. The van der Waals surface area contributed by atoms with Crippen LogP contribution in [0.4, 0.5) is 5.69 Å². The molecule has 0 fully saturated rings. The van der Waals surface area contributed by atoms with E-state index in [-0.39, 0.29) is 6.54 Å². The molecule has 1 unspecified atom stereocenters. The first-order valence-electron chi connectivity index (χ1n) is 8.03. The molecule has 1 aromatic heterocycles. The maximum absolute atomic E-state index is 12.5. The number of ether oxygens (including phenoxy) is 1. The van der Waals surface area contributed by atoms with Crippen molar-refractivity contribution in [1.82, 2.24) is 4.57 Å². The molecule has 0 aliphatic heterocycles. The lowest BCUT2D eigenvalue weighted by Gasteiger charge is -2.11. The minimum atomic E-state index is -1.38. The third kappa shape index (κ3) is 3.57. The highest BCUT2D eigenvalue weighted by molar-refractivity contribution is 6.09. The predicted molar refractivity (Wildman–Crippen MR) is 97.7 cm³/mol. The van der Waals surface area contributed by atoms with Gasteiger partial charge in [0.1, 0.15) is 5.75 Å². The largest absolute Gasteiger partial charge is 0.497 e. The summed E-state index contributed by atoms with van der Waals surface area (Å²) in [5, 5.41) is 12.9. The van der Waals surface area contributed by atoms with Crippen LogP contribution in [0, 0.1) is 17.2 Å². The maximum atomic E-state index is 12.5. The molecule has 6 nitrogen and oxygen atoms in total. The zero-order chi connectivity index (χ0) is 18.5. The second-order valence-electron chi connectivity index (χ2n) is 5.75. The van der Waals surface area contributed by atoms with Gasteiger partial charge in [-0.1, -0.05) is 18.2 Å². The van der Waals surface area contributed by atoms with Gasteiger partial charge in [-0.2, -0.15) is 5.26 Å². The third-order valence-corrected chi connectivity index (χ3v) is 4.08. The molecule has 26 heavy (non-hydrogen) atoms. The van der Waals surface area contributed by atoms with Gasteiger partial charge in [-0.05, 0) is 41.8 Å². The van der Waals surface area contributed by atoms with Crippen molar-refractivity contribution in [3.8, 4) is 11.8 Å². The summed E-state index contributed by atoms with van der Waals surface area (Å²) in [5.41, 5.74) is 1.38. The van der Waals surface area contributed by atoms with Gasteiger partial charge in [0.05, 0.1) is 19.7 Å². The molecule has 1 N–H and O–H groups in total. The Hall–Kier alpha value is -3.59. The Morgan fingerprint density at radius 2 is 1.88 bits per heavy atom. The van der Waals surface area contributed by atoms with Crippen molar-refractivity contribution in [3.05, 3.63) is 60.8 Å². The quantitative estimate of drug-likeness (QED) is 0.695. The Morgan fingerprint density at radius 3 is 2.58 bits per heavy atom. The third-order valence-electron chi connectivity index (χ3n) is 4.08. The van der Waals surface area contributed by atoms with Crippen LogP contribution in [-0.2, 0) is 16.1 Å². The highest BCUT2D eigenvalue weighted by Crippen LogP contribution is 2.18. The van der Waals surface area contributed by atoms with Gasteiger partial charge in [-0.15, -0.1) is 0 Å². The van der Waals surface area contributed by atoms with Gasteiger partial charge in [0, 0.05) is 17.4 Å². The van der Waals surface area contributed by atoms with E-state index >= 15 is 0 Å². The molecular weight excluding hydrogens is 330 g/mol. The van der Waals surface area contributed by atoms with E-state index in [1.165, 1.54) is 0 Å². The Bertz CT molecular complexity index is 983. The zero-order valence-corrected chi connectivity index (χ0v) is 14.2. The Labute approximate surface area is 150 Å². The van der Waals surface area contributed by atoms with Crippen LogP contribution in [0.15, 0.2) is 60.8 Å². The number of ketones is 1. The highest BCUT2D eigenvalue weighted by Gasteiger charge is 2.26. The van der Waals surface area contributed by atoms with Crippen LogP contribution < -0.4 is 10.1 Å². The van der Waals surface area contributed by atoms with Gasteiger partial charge in [0.2, 0.25) is 5.91 Å². The van der Waals surface area contributed by atoms with Gasteiger partial charge in [0.15, 0.2) is 11.7 Å². The molecule has 3 aromatic rings. The summed E-state index contributed by atoms with van der Waals surface area (Å²) in [6, 6.07) is 18.0. The number of Topliss-reactive ketones (excluding diaryl/α,β-unsaturated/α-hetero) is 1. The molecule has 0 aliphatic carbocycles. The second kappa shape index (κ2) is 7.53. The molecule has 0 spiro atoms. The molecule has 1 atom stereocenters. The summed E-state index contributed by atoms with van der Waals surface area (Å²) in [7, 11) is 1.54. The van der Waals surface area contributed by atoms with Crippen molar-refractivity contribution in [2.75, 3.05) is 12.4 Å². The minimum Gasteiger partial charge on any atom is -0.497 e. The number of methoxy groups -OCH3 is 1. The number of nitrogens with one attached hydrogen (secondary N) is 1. The number of anilines is 1. The van der Waals surface area contributed by atoms with Crippen molar-refractivity contribution in [3.63, 3.8) is 0 Å². The van der Waals surface area contributed by atoms with Gasteiger partial charge < -0.3 is 14.6 Å². The Morgan fingerprint density at radius 1 is 1.15 bits per heavy atom. The normalized spacial score (nSPS) is 11.5. The van der Waals surface area contributed by atoms with Crippen LogP contribution in [0.1, 0.15) is 0 Å². The molecule has 1 amide bonds. The van der Waals surface area contributed by atoms with E-state index < -0.39 is 17.6 Å². The summed E-state index contributed by atoms with van der Waals surface area (Å²) in [4.78, 5) is 24.8. The van der Waals surface area contributed by atoms with Crippen molar-refractivity contribution in [1.29, 1.82) is 5.26 Å². The minimum absolute atomic E-state index is 0.0399. The number of nitrogens with zero attached hydrogens (tertiary/aromatic N) is 2. The van der Waals surface area contributed by atoms with Gasteiger partial charge in [0.25, 0.3) is 0 Å². The number of para-hydroxylation sites is 1.